The third-order valence-electron chi connectivity index (χ3n) is 4.41. The molecule has 1 N–H and O–H groups in total. The van der Waals surface area contributed by atoms with Gasteiger partial charge in [0.1, 0.15) is 0 Å². The van der Waals surface area contributed by atoms with E-state index in [9.17, 15) is 9.90 Å². The number of anilines is 1. The highest BCUT2D eigenvalue weighted by Crippen LogP contribution is 2.27. The van der Waals surface area contributed by atoms with Gasteiger partial charge >= 0.3 is 0 Å². The van der Waals surface area contributed by atoms with Crippen molar-refractivity contribution in [3.8, 4) is 22.4 Å². The van der Waals surface area contributed by atoms with Gasteiger partial charge in [-0.3, -0.25) is 9.48 Å². The molecule has 0 radical (unpaired) electrons. The second-order valence-electron chi connectivity index (χ2n) is 7.42. The normalized spacial score (nSPS) is 11.4. The molecule has 1 heterocycles. The van der Waals surface area contributed by atoms with Crippen molar-refractivity contribution in [2.75, 3.05) is 11.9 Å². The molecule has 0 spiro atoms. The number of aliphatic hydroxyl groups is 1. The average molecular weight is 363 g/mol. The van der Waals surface area contributed by atoms with E-state index in [2.05, 4.69) is 17.2 Å². The molecule has 140 valence electrons. The van der Waals surface area contributed by atoms with Gasteiger partial charge in [-0.1, -0.05) is 30.3 Å². The highest BCUT2D eigenvalue weighted by molar-refractivity contribution is 5.91. The molecule has 2 aromatic carbocycles. The van der Waals surface area contributed by atoms with Crippen molar-refractivity contribution in [2.24, 2.45) is 0 Å². The number of benzene rings is 2. The fourth-order valence-corrected chi connectivity index (χ4v) is 2.92. The summed E-state index contributed by atoms with van der Waals surface area (Å²) in [4.78, 5) is 13.1. The van der Waals surface area contributed by atoms with Crippen LogP contribution in [-0.2, 0) is 11.3 Å². The Morgan fingerprint density at radius 1 is 1.07 bits per heavy atom. The van der Waals surface area contributed by atoms with Crippen LogP contribution in [0, 0.1) is 0 Å². The zero-order chi connectivity index (χ0) is 19.6. The standard InChI is InChI=1S/C22H25N3O2/c1-16(26)24(4)20-10-8-17(9-11-20)18-6-5-7-19(14-18)21-12-13-25(23-21)15-22(2,3)27/h5-14,27H,15H2,1-4H3. The maximum absolute atomic E-state index is 11.5. The van der Waals surface area contributed by atoms with Gasteiger partial charge in [-0.05, 0) is 49.2 Å². The van der Waals surface area contributed by atoms with Crippen LogP contribution in [0.4, 0.5) is 5.69 Å². The van der Waals surface area contributed by atoms with Gasteiger partial charge in [0.15, 0.2) is 0 Å². The first-order chi connectivity index (χ1) is 12.7. The maximum Gasteiger partial charge on any atom is 0.223 e. The Bertz CT molecular complexity index is 937. The molecule has 3 aromatic rings. The molecular weight excluding hydrogens is 338 g/mol. The number of carbonyl (C=O) groups is 1. The van der Waals surface area contributed by atoms with Gasteiger partial charge in [-0.2, -0.15) is 5.10 Å². The predicted octanol–water partition coefficient (Wildman–Crippen LogP) is 3.97. The molecule has 0 aliphatic carbocycles. The molecule has 3 rings (SSSR count). The van der Waals surface area contributed by atoms with E-state index in [-0.39, 0.29) is 5.91 Å². The van der Waals surface area contributed by atoms with Gasteiger partial charge in [0, 0.05) is 31.4 Å². The minimum Gasteiger partial charge on any atom is -0.389 e. The van der Waals surface area contributed by atoms with E-state index in [1.807, 2.05) is 48.7 Å². The third kappa shape index (κ3) is 4.63. The van der Waals surface area contributed by atoms with Gasteiger partial charge < -0.3 is 10.0 Å². The van der Waals surface area contributed by atoms with Crippen molar-refractivity contribution in [1.29, 1.82) is 0 Å². The molecule has 0 unspecified atom stereocenters. The van der Waals surface area contributed by atoms with Crippen molar-refractivity contribution >= 4 is 11.6 Å². The Balaban J connectivity index is 1.85. The molecule has 0 bridgehead atoms. The van der Waals surface area contributed by atoms with Crippen LogP contribution in [0.15, 0.2) is 60.8 Å². The lowest BCUT2D eigenvalue weighted by molar-refractivity contribution is -0.116. The number of aromatic nitrogens is 2. The van der Waals surface area contributed by atoms with Crippen LogP contribution in [0.5, 0.6) is 0 Å². The minimum absolute atomic E-state index is 0.00592. The van der Waals surface area contributed by atoms with Crippen molar-refractivity contribution in [1.82, 2.24) is 9.78 Å². The SMILES string of the molecule is CC(=O)N(C)c1ccc(-c2cccc(-c3ccn(CC(C)(C)O)n3)c2)cc1. The summed E-state index contributed by atoms with van der Waals surface area (Å²) in [6, 6.07) is 18.1. The van der Waals surface area contributed by atoms with Crippen molar-refractivity contribution < 1.29 is 9.90 Å². The van der Waals surface area contributed by atoms with Crippen molar-refractivity contribution in [3.63, 3.8) is 0 Å². The first-order valence-electron chi connectivity index (χ1n) is 8.94. The lowest BCUT2D eigenvalue weighted by Gasteiger charge is -2.16. The molecule has 0 saturated heterocycles. The second kappa shape index (κ2) is 7.37. The number of hydrogen-bond acceptors (Lipinski definition) is 3. The van der Waals surface area contributed by atoms with E-state index < -0.39 is 5.60 Å². The van der Waals surface area contributed by atoms with Crippen LogP contribution >= 0.6 is 0 Å². The molecule has 5 nitrogen and oxygen atoms in total. The summed E-state index contributed by atoms with van der Waals surface area (Å²) in [7, 11) is 1.77. The van der Waals surface area contributed by atoms with Crippen LogP contribution < -0.4 is 4.90 Å². The van der Waals surface area contributed by atoms with E-state index >= 15 is 0 Å². The first kappa shape index (κ1) is 18.9. The second-order valence-corrected chi connectivity index (χ2v) is 7.42. The van der Waals surface area contributed by atoms with Gasteiger partial charge in [-0.15, -0.1) is 0 Å². The number of nitrogens with zero attached hydrogens (tertiary/aromatic N) is 3. The average Bonchev–Trinajstić information content (AvgIpc) is 3.08. The number of rotatable bonds is 5. The van der Waals surface area contributed by atoms with Crippen LogP contribution in [-0.4, -0.2) is 33.4 Å². The van der Waals surface area contributed by atoms with E-state index in [0.717, 1.165) is 28.1 Å². The quantitative estimate of drug-likeness (QED) is 0.746. The molecule has 1 aromatic heterocycles. The molecule has 0 aliphatic heterocycles. The fourth-order valence-electron chi connectivity index (χ4n) is 2.92. The first-order valence-corrected chi connectivity index (χ1v) is 8.94. The van der Waals surface area contributed by atoms with Crippen molar-refractivity contribution in [2.45, 2.75) is 32.9 Å². The summed E-state index contributed by atoms with van der Waals surface area (Å²) in [5.74, 6) is 0.00592. The minimum atomic E-state index is -0.806. The molecule has 27 heavy (non-hydrogen) atoms. The van der Waals surface area contributed by atoms with Crippen LogP contribution in [0.1, 0.15) is 20.8 Å². The van der Waals surface area contributed by atoms with E-state index in [4.69, 9.17) is 0 Å². The molecule has 0 aliphatic rings. The summed E-state index contributed by atoms with van der Waals surface area (Å²) >= 11 is 0. The monoisotopic (exact) mass is 363 g/mol. The van der Waals surface area contributed by atoms with E-state index in [1.165, 1.54) is 0 Å². The third-order valence-corrected chi connectivity index (χ3v) is 4.41. The lowest BCUT2D eigenvalue weighted by atomic mass is 10.0. The topological polar surface area (TPSA) is 58.4 Å². The highest BCUT2D eigenvalue weighted by Gasteiger charge is 2.14. The van der Waals surface area contributed by atoms with E-state index in [0.29, 0.717) is 6.54 Å². The Morgan fingerprint density at radius 3 is 2.37 bits per heavy atom. The Kier molecular flexibility index (Phi) is 5.15. The fraction of sp³-hybridized carbons (Fsp3) is 0.273. The Hall–Kier alpha value is -2.92. The maximum atomic E-state index is 11.5. The molecule has 0 fully saturated rings. The Morgan fingerprint density at radius 2 is 1.74 bits per heavy atom. The van der Waals surface area contributed by atoms with Gasteiger partial charge in [0.2, 0.25) is 5.91 Å². The molecule has 5 heteroatoms. The molecule has 0 atom stereocenters. The molecular formula is C22H25N3O2. The smallest absolute Gasteiger partial charge is 0.223 e. The van der Waals surface area contributed by atoms with Crippen LogP contribution in [0.25, 0.3) is 22.4 Å². The lowest BCUT2D eigenvalue weighted by Crippen LogP contribution is -2.26. The largest absolute Gasteiger partial charge is 0.389 e. The van der Waals surface area contributed by atoms with E-state index in [1.54, 1.807) is 37.4 Å². The summed E-state index contributed by atoms with van der Waals surface area (Å²) in [6.07, 6.45) is 1.88. The number of hydrogen-bond donors (Lipinski definition) is 1. The Labute approximate surface area is 159 Å². The number of carbonyl (C=O) groups excluding carboxylic acids is 1. The van der Waals surface area contributed by atoms with Gasteiger partial charge in [0.05, 0.1) is 17.8 Å². The predicted molar refractivity (Wildman–Crippen MR) is 108 cm³/mol. The highest BCUT2D eigenvalue weighted by atomic mass is 16.3. The zero-order valence-electron chi connectivity index (χ0n) is 16.2. The zero-order valence-corrected chi connectivity index (χ0v) is 16.2. The van der Waals surface area contributed by atoms with Crippen molar-refractivity contribution in [3.05, 3.63) is 60.8 Å². The van der Waals surface area contributed by atoms with Crippen LogP contribution in [0.3, 0.4) is 0 Å². The summed E-state index contributed by atoms with van der Waals surface area (Å²) < 4.78 is 1.76. The summed E-state index contributed by atoms with van der Waals surface area (Å²) in [5.41, 5.74) is 4.11. The van der Waals surface area contributed by atoms with Gasteiger partial charge in [0.25, 0.3) is 0 Å². The number of amides is 1. The molecule has 1 amide bonds. The molecule has 0 saturated carbocycles. The summed E-state index contributed by atoms with van der Waals surface area (Å²) in [5, 5.41) is 14.5. The summed E-state index contributed by atoms with van der Waals surface area (Å²) in [6.45, 7) is 5.52. The van der Waals surface area contributed by atoms with Crippen LogP contribution in [0.2, 0.25) is 0 Å². The van der Waals surface area contributed by atoms with Gasteiger partial charge in [-0.25, -0.2) is 0 Å².